The molecule has 3 rings (SSSR count). The summed E-state index contributed by atoms with van der Waals surface area (Å²) in [6.45, 7) is 12.0. The van der Waals surface area contributed by atoms with Crippen molar-refractivity contribution in [3.05, 3.63) is 35.4 Å². The number of nitrogens with one attached hydrogen (secondary N) is 1. The van der Waals surface area contributed by atoms with E-state index in [1.54, 1.807) is 12.1 Å². The molecule has 206 valence electrons. The Balaban J connectivity index is 1.81. The molecule has 0 aromatic heterocycles. The summed E-state index contributed by atoms with van der Waals surface area (Å²) >= 11 is 0. The highest BCUT2D eigenvalue weighted by Crippen LogP contribution is 2.55. The third kappa shape index (κ3) is 7.18. The Labute approximate surface area is 220 Å². The fourth-order valence-electron chi connectivity index (χ4n) is 5.33. The van der Waals surface area contributed by atoms with Crippen molar-refractivity contribution < 1.29 is 33.6 Å². The zero-order chi connectivity index (χ0) is 27.4. The molecule has 0 saturated carbocycles. The average Bonchev–Trinajstić information content (AvgIpc) is 2.80. The summed E-state index contributed by atoms with van der Waals surface area (Å²) in [7, 11) is 1.40. The molecule has 1 aromatic rings. The van der Waals surface area contributed by atoms with E-state index in [1.165, 1.54) is 12.7 Å². The van der Waals surface area contributed by atoms with Gasteiger partial charge in [-0.1, -0.05) is 23.8 Å². The number of phenolic OH excluding ortho intramolecular Hbond substituents is 1. The standard InChI is InChI=1S/C29H43NO7/c1-18(2)11-9-15-29(6)21-17-20(26(32)34-7)23(14-10-16-30-27(33)37-28(3,4)5)35-24(21)19-12-8-13-22(31)25(19)36-29/h8,11-13,20-21,23-24,31H,9-10,14-17H2,1-7H3,(H,30,33)/t20-,21+,23+,24-,29-/m0/s1. The molecule has 5 atom stereocenters. The van der Waals surface area contributed by atoms with Gasteiger partial charge >= 0.3 is 12.1 Å². The maximum Gasteiger partial charge on any atom is 0.407 e. The zero-order valence-corrected chi connectivity index (χ0v) is 23.3. The molecule has 1 saturated heterocycles. The van der Waals surface area contributed by atoms with Crippen molar-refractivity contribution in [3.8, 4) is 11.5 Å². The van der Waals surface area contributed by atoms with Crippen LogP contribution in [0.25, 0.3) is 0 Å². The van der Waals surface area contributed by atoms with E-state index in [-0.39, 0.29) is 23.7 Å². The number of ether oxygens (including phenoxy) is 4. The zero-order valence-electron chi connectivity index (χ0n) is 23.3. The number of fused-ring (bicyclic) bond motifs is 3. The molecule has 8 nitrogen and oxygen atoms in total. The van der Waals surface area contributed by atoms with Crippen LogP contribution in [0.5, 0.6) is 11.5 Å². The van der Waals surface area contributed by atoms with Gasteiger partial charge in [-0.2, -0.15) is 0 Å². The third-order valence-electron chi connectivity index (χ3n) is 7.13. The number of carbonyl (C=O) groups is 2. The van der Waals surface area contributed by atoms with Crippen LogP contribution in [0.15, 0.2) is 29.8 Å². The summed E-state index contributed by atoms with van der Waals surface area (Å²) in [5.74, 6) is -0.339. The Bertz CT molecular complexity index is 994. The molecule has 0 spiro atoms. The second-order valence-electron chi connectivity index (χ2n) is 11.6. The number of methoxy groups -OCH3 is 1. The number of amides is 1. The second kappa shape index (κ2) is 11.8. The highest BCUT2D eigenvalue weighted by Gasteiger charge is 2.54. The predicted molar refractivity (Wildman–Crippen MR) is 141 cm³/mol. The number of carbonyl (C=O) groups excluding carboxylic acids is 2. The summed E-state index contributed by atoms with van der Waals surface area (Å²) in [6.07, 6.45) is 4.21. The molecule has 0 unspecified atom stereocenters. The van der Waals surface area contributed by atoms with Crippen LogP contribution in [0.2, 0.25) is 0 Å². The SMILES string of the molecule is COC(=O)[C@H]1C[C@@H]2[C@@H](O[C@@H]1CCCNC(=O)OC(C)(C)C)c1cccc(O)c1O[C@@]2(C)CCC=C(C)C. The molecule has 0 bridgehead atoms. The minimum atomic E-state index is -0.641. The minimum Gasteiger partial charge on any atom is -0.504 e. The highest BCUT2D eigenvalue weighted by atomic mass is 16.6. The first-order valence-electron chi connectivity index (χ1n) is 13.2. The smallest absolute Gasteiger partial charge is 0.407 e. The van der Waals surface area contributed by atoms with Gasteiger partial charge in [-0.15, -0.1) is 0 Å². The molecule has 2 aliphatic rings. The molecule has 2 heterocycles. The number of benzene rings is 1. The fraction of sp³-hybridized carbons (Fsp3) is 0.655. The number of alkyl carbamates (subject to hydrolysis) is 1. The van der Waals surface area contributed by atoms with E-state index >= 15 is 0 Å². The number of rotatable bonds is 8. The van der Waals surface area contributed by atoms with Crippen LogP contribution in [0.4, 0.5) is 4.79 Å². The molecule has 8 heteroatoms. The summed E-state index contributed by atoms with van der Waals surface area (Å²) in [4.78, 5) is 24.9. The van der Waals surface area contributed by atoms with Gasteiger partial charge in [-0.25, -0.2) is 4.79 Å². The molecule has 2 aliphatic heterocycles. The maximum atomic E-state index is 12.9. The molecule has 1 fully saturated rings. The van der Waals surface area contributed by atoms with Gasteiger partial charge in [-0.05, 0) is 79.7 Å². The lowest BCUT2D eigenvalue weighted by atomic mass is 9.69. The fourth-order valence-corrected chi connectivity index (χ4v) is 5.33. The normalized spacial score (nSPS) is 26.7. The second-order valence-corrected chi connectivity index (χ2v) is 11.6. The van der Waals surface area contributed by atoms with E-state index in [4.69, 9.17) is 18.9 Å². The van der Waals surface area contributed by atoms with Crippen molar-refractivity contribution in [2.45, 2.75) is 97.1 Å². The molecule has 0 radical (unpaired) electrons. The Morgan fingerprint density at radius 2 is 2.00 bits per heavy atom. The number of allylic oxidation sites excluding steroid dienone is 2. The molecule has 2 N–H and O–H groups in total. The number of para-hydroxylation sites is 1. The van der Waals surface area contributed by atoms with E-state index in [1.807, 2.05) is 33.8 Å². The highest BCUT2D eigenvalue weighted by molar-refractivity contribution is 5.73. The van der Waals surface area contributed by atoms with Gasteiger partial charge in [0.2, 0.25) is 0 Å². The van der Waals surface area contributed by atoms with Gasteiger partial charge < -0.3 is 29.4 Å². The molecule has 0 aliphatic carbocycles. The summed E-state index contributed by atoms with van der Waals surface area (Å²) in [5.41, 5.74) is 0.816. The first-order valence-corrected chi connectivity index (χ1v) is 13.2. The van der Waals surface area contributed by atoms with Crippen molar-refractivity contribution in [1.29, 1.82) is 0 Å². The topological polar surface area (TPSA) is 103 Å². The Morgan fingerprint density at radius 1 is 1.27 bits per heavy atom. The van der Waals surface area contributed by atoms with Gasteiger partial charge in [0.1, 0.15) is 11.2 Å². The van der Waals surface area contributed by atoms with E-state index in [0.717, 1.165) is 18.4 Å². The Hall–Kier alpha value is -2.74. The molecule has 1 aromatic carbocycles. The molecular formula is C29H43NO7. The molecule has 37 heavy (non-hydrogen) atoms. The van der Waals surface area contributed by atoms with Crippen LogP contribution in [-0.4, -0.2) is 48.1 Å². The third-order valence-corrected chi connectivity index (χ3v) is 7.13. The maximum absolute atomic E-state index is 12.9. The van der Waals surface area contributed by atoms with Gasteiger partial charge in [0.15, 0.2) is 11.5 Å². The first-order chi connectivity index (χ1) is 17.3. The Morgan fingerprint density at radius 3 is 2.65 bits per heavy atom. The number of phenols is 1. The monoisotopic (exact) mass is 517 g/mol. The molecular weight excluding hydrogens is 474 g/mol. The van der Waals surface area contributed by atoms with Crippen LogP contribution in [-0.2, 0) is 19.0 Å². The quantitative estimate of drug-likeness (QED) is 0.254. The lowest BCUT2D eigenvalue weighted by molar-refractivity contribution is -0.194. The van der Waals surface area contributed by atoms with E-state index in [9.17, 15) is 14.7 Å². The lowest BCUT2D eigenvalue weighted by Gasteiger charge is -2.52. The van der Waals surface area contributed by atoms with Gasteiger partial charge in [-0.3, -0.25) is 4.79 Å². The average molecular weight is 518 g/mol. The van der Waals surface area contributed by atoms with Crippen molar-refractivity contribution in [2.75, 3.05) is 13.7 Å². The first kappa shape index (κ1) is 28.8. The van der Waals surface area contributed by atoms with E-state index in [0.29, 0.717) is 31.6 Å². The van der Waals surface area contributed by atoms with Crippen molar-refractivity contribution in [1.82, 2.24) is 5.32 Å². The van der Waals surface area contributed by atoms with Gasteiger partial charge in [0.25, 0.3) is 0 Å². The van der Waals surface area contributed by atoms with Crippen LogP contribution < -0.4 is 10.1 Å². The van der Waals surface area contributed by atoms with Crippen LogP contribution in [0.3, 0.4) is 0 Å². The number of hydrogen-bond acceptors (Lipinski definition) is 7. The van der Waals surface area contributed by atoms with Crippen LogP contribution in [0.1, 0.15) is 85.3 Å². The van der Waals surface area contributed by atoms with Crippen molar-refractivity contribution in [3.63, 3.8) is 0 Å². The van der Waals surface area contributed by atoms with E-state index < -0.39 is 29.3 Å². The number of esters is 1. The molecule has 1 amide bonds. The summed E-state index contributed by atoms with van der Waals surface area (Å²) in [6, 6.07) is 5.33. The number of hydrogen-bond donors (Lipinski definition) is 2. The predicted octanol–water partition coefficient (Wildman–Crippen LogP) is 5.83. The summed E-state index contributed by atoms with van der Waals surface area (Å²) in [5, 5.41) is 13.4. The Kier molecular flexibility index (Phi) is 9.16. The number of aromatic hydroxyl groups is 1. The van der Waals surface area contributed by atoms with E-state index in [2.05, 4.69) is 25.2 Å². The van der Waals surface area contributed by atoms with Gasteiger partial charge in [0, 0.05) is 18.0 Å². The lowest BCUT2D eigenvalue weighted by Crippen LogP contribution is -2.54. The van der Waals surface area contributed by atoms with Crippen LogP contribution >= 0.6 is 0 Å². The largest absolute Gasteiger partial charge is 0.504 e. The van der Waals surface area contributed by atoms with Crippen molar-refractivity contribution in [2.24, 2.45) is 11.8 Å². The minimum absolute atomic E-state index is 0.0844. The van der Waals surface area contributed by atoms with Crippen molar-refractivity contribution >= 4 is 12.1 Å². The van der Waals surface area contributed by atoms with Gasteiger partial charge in [0.05, 0.1) is 25.2 Å². The van der Waals surface area contributed by atoms with Crippen LogP contribution in [0, 0.1) is 11.8 Å². The summed E-state index contributed by atoms with van der Waals surface area (Å²) < 4.78 is 23.6.